The molecule has 0 unspecified atom stereocenters. The quantitative estimate of drug-likeness (QED) is 0.754. The van der Waals surface area contributed by atoms with Crippen LogP contribution in [0.4, 0.5) is 26.3 Å². The Morgan fingerprint density at radius 2 is 1.65 bits per heavy atom. The predicted molar refractivity (Wildman–Crippen MR) is 83.1 cm³/mol. The zero-order valence-electron chi connectivity index (χ0n) is 13.0. The maximum Gasteiger partial charge on any atom is 0.416 e. The van der Waals surface area contributed by atoms with E-state index in [2.05, 4.69) is 10.3 Å². The summed E-state index contributed by atoms with van der Waals surface area (Å²) >= 11 is 1.01. The maximum absolute atomic E-state index is 12.9. The lowest BCUT2D eigenvalue weighted by Crippen LogP contribution is -2.24. The molecule has 0 spiro atoms. The van der Waals surface area contributed by atoms with E-state index < -0.39 is 23.5 Å². The number of hydrogen-bond donors (Lipinski definition) is 2. The Morgan fingerprint density at radius 3 is 2.15 bits per heavy atom. The molecule has 26 heavy (non-hydrogen) atoms. The van der Waals surface area contributed by atoms with Crippen molar-refractivity contribution in [2.45, 2.75) is 25.3 Å². The lowest BCUT2D eigenvalue weighted by molar-refractivity contribution is -0.143. The number of benzene rings is 1. The molecule has 3 N–H and O–H groups in total. The number of nitrogens with zero attached hydrogens (tertiary/aromatic N) is 1. The average Bonchev–Trinajstić information content (AvgIpc) is 3.00. The van der Waals surface area contributed by atoms with E-state index in [9.17, 15) is 31.1 Å². The van der Waals surface area contributed by atoms with Gasteiger partial charge in [0.2, 0.25) is 5.91 Å². The van der Waals surface area contributed by atoms with Gasteiger partial charge in [-0.2, -0.15) is 26.3 Å². The molecule has 0 bridgehead atoms. The van der Waals surface area contributed by atoms with Crippen LogP contribution in [-0.2, 0) is 23.7 Å². The standard InChI is InChI=1S/C15H13F6N3OS/c16-14(17,18)9-3-8(4-10(5-9)15(19,20)21)11-7-26-13(24-11)6-23-12(25)1-2-22/h3-5,7H,1-2,6,22H2,(H,23,25). The first-order chi connectivity index (χ1) is 12.0. The molecule has 2 aromatic rings. The van der Waals surface area contributed by atoms with Crippen LogP contribution in [0.5, 0.6) is 0 Å². The number of alkyl halides is 6. The molecule has 0 saturated heterocycles. The van der Waals surface area contributed by atoms with Crippen LogP contribution in [0.3, 0.4) is 0 Å². The average molecular weight is 397 g/mol. The number of amides is 1. The van der Waals surface area contributed by atoms with Gasteiger partial charge in [-0.25, -0.2) is 4.98 Å². The van der Waals surface area contributed by atoms with E-state index in [0.29, 0.717) is 17.1 Å². The minimum atomic E-state index is -4.93. The minimum Gasteiger partial charge on any atom is -0.350 e. The second kappa shape index (κ2) is 7.62. The minimum absolute atomic E-state index is 0.00852. The molecular formula is C15H13F6N3OS. The summed E-state index contributed by atoms with van der Waals surface area (Å²) in [6.45, 7) is 0.161. The largest absolute Gasteiger partial charge is 0.416 e. The summed E-state index contributed by atoms with van der Waals surface area (Å²) in [5.74, 6) is -0.331. The maximum atomic E-state index is 12.9. The monoisotopic (exact) mass is 397 g/mol. The van der Waals surface area contributed by atoms with Crippen molar-refractivity contribution in [2.24, 2.45) is 5.73 Å². The van der Waals surface area contributed by atoms with E-state index in [4.69, 9.17) is 5.73 Å². The van der Waals surface area contributed by atoms with Crippen LogP contribution < -0.4 is 11.1 Å². The Balaban J connectivity index is 2.32. The Labute approximate surface area is 148 Å². The molecule has 142 valence electrons. The Kier molecular flexibility index (Phi) is 5.91. The van der Waals surface area contributed by atoms with Crippen molar-refractivity contribution in [3.8, 4) is 11.3 Å². The third kappa shape index (κ3) is 5.18. The summed E-state index contributed by atoms with van der Waals surface area (Å²) in [7, 11) is 0. The fraction of sp³-hybridized carbons (Fsp3) is 0.333. The molecule has 0 aliphatic carbocycles. The summed E-state index contributed by atoms with van der Waals surface area (Å²) in [4.78, 5) is 15.3. The van der Waals surface area contributed by atoms with Gasteiger partial charge in [0.25, 0.3) is 0 Å². The zero-order valence-corrected chi connectivity index (χ0v) is 13.9. The number of nitrogens with one attached hydrogen (secondary N) is 1. The normalized spacial score (nSPS) is 12.3. The van der Waals surface area contributed by atoms with Crippen LogP contribution in [0.1, 0.15) is 22.6 Å². The number of aromatic nitrogens is 1. The predicted octanol–water partition coefficient (Wildman–Crippen LogP) is 3.81. The van der Waals surface area contributed by atoms with Gasteiger partial charge in [-0.05, 0) is 18.2 Å². The van der Waals surface area contributed by atoms with Gasteiger partial charge in [0.05, 0.1) is 23.4 Å². The van der Waals surface area contributed by atoms with E-state index in [1.165, 1.54) is 5.38 Å². The molecule has 1 heterocycles. The number of nitrogens with two attached hydrogens (primary N) is 1. The van der Waals surface area contributed by atoms with Crippen LogP contribution in [0.25, 0.3) is 11.3 Å². The summed E-state index contributed by atoms with van der Waals surface area (Å²) in [5.41, 5.74) is 2.07. The third-order valence-electron chi connectivity index (χ3n) is 3.24. The van der Waals surface area contributed by atoms with Crippen LogP contribution in [-0.4, -0.2) is 17.4 Å². The summed E-state index contributed by atoms with van der Waals surface area (Å²) in [5, 5.41) is 4.18. The second-order valence-corrected chi connectivity index (χ2v) is 6.18. The number of hydrogen-bond acceptors (Lipinski definition) is 4. The first kappa shape index (κ1) is 20.2. The Morgan fingerprint density at radius 1 is 1.08 bits per heavy atom. The molecule has 0 aliphatic rings. The van der Waals surface area contributed by atoms with Crippen molar-refractivity contribution in [2.75, 3.05) is 6.54 Å². The Bertz CT molecular complexity index is 752. The van der Waals surface area contributed by atoms with E-state index >= 15 is 0 Å². The first-order valence-corrected chi connectivity index (χ1v) is 8.09. The lowest BCUT2D eigenvalue weighted by Gasteiger charge is -2.13. The second-order valence-electron chi connectivity index (χ2n) is 5.24. The van der Waals surface area contributed by atoms with Crippen molar-refractivity contribution in [1.82, 2.24) is 10.3 Å². The van der Waals surface area contributed by atoms with Gasteiger partial charge in [0.15, 0.2) is 0 Å². The fourth-order valence-electron chi connectivity index (χ4n) is 2.02. The van der Waals surface area contributed by atoms with Crippen molar-refractivity contribution < 1.29 is 31.1 Å². The number of halogens is 6. The van der Waals surface area contributed by atoms with Crippen molar-refractivity contribution in [3.05, 3.63) is 39.7 Å². The molecule has 0 radical (unpaired) electrons. The van der Waals surface area contributed by atoms with E-state index in [0.717, 1.165) is 11.3 Å². The smallest absolute Gasteiger partial charge is 0.350 e. The summed E-state index contributed by atoms with van der Waals surface area (Å²) in [6, 6.07) is 1.28. The first-order valence-electron chi connectivity index (χ1n) is 7.21. The van der Waals surface area contributed by atoms with Crippen LogP contribution in [0.15, 0.2) is 23.6 Å². The molecule has 11 heteroatoms. The summed E-state index contributed by atoms with van der Waals surface area (Å²) in [6.07, 6.45) is -9.75. The van der Waals surface area contributed by atoms with Crippen molar-refractivity contribution >= 4 is 17.2 Å². The molecule has 1 aromatic carbocycles. The molecule has 0 saturated carbocycles. The van der Waals surface area contributed by atoms with E-state index in [1.807, 2.05) is 0 Å². The third-order valence-corrected chi connectivity index (χ3v) is 4.09. The highest BCUT2D eigenvalue weighted by atomic mass is 32.1. The van der Waals surface area contributed by atoms with Crippen molar-refractivity contribution in [1.29, 1.82) is 0 Å². The molecule has 1 aromatic heterocycles. The fourth-order valence-corrected chi connectivity index (χ4v) is 2.76. The Hall–Kier alpha value is -2.14. The van der Waals surface area contributed by atoms with Gasteiger partial charge >= 0.3 is 12.4 Å². The van der Waals surface area contributed by atoms with E-state index in [-0.39, 0.29) is 42.7 Å². The zero-order chi connectivity index (χ0) is 19.5. The highest BCUT2D eigenvalue weighted by Gasteiger charge is 2.37. The van der Waals surface area contributed by atoms with Crippen LogP contribution in [0, 0.1) is 0 Å². The molecule has 4 nitrogen and oxygen atoms in total. The van der Waals surface area contributed by atoms with Gasteiger partial charge in [-0.15, -0.1) is 11.3 Å². The number of carbonyl (C=O) groups excluding carboxylic acids is 1. The van der Waals surface area contributed by atoms with Crippen LogP contribution >= 0.6 is 11.3 Å². The molecule has 2 rings (SSSR count). The number of rotatable bonds is 5. The molecule has 0 atom stereocenters. The molecule has 0 fully saturated rings. The topological polar surface area (TPSA) is 68.0 Å². The van der Waals surface area contributed by atoms with Gasteiger partial charge in [0.1, 0.15) is 5.01 Å². The molecule has 0 aliphatic heterocycles. The molecule has 1 amide bonds. The van der Waals surface area contributed by atoms with Gasteiger partial charge in [-0.1, -0.05) is 0 Å². The summed E-state index contributed by atoms with van der Waals surface area (Å²) < 4.78 is 77.4. The number of carbonyl (C=O) groups is 1. The van der Waals surface area contributed by atoms with Crippen molar-refractivity contribution in [3.63, 3.8) is 0 Å². The van der Waals surface area contributed by atoms with Gasteiger partial charge in [0, 0.05) is 23.9 Å². The lowest BCUT2D eigenvalue weighted by atomic mass is 10.0. The van der Waals surface area contributed by atoms with Gasteiger partial charge in [-0.3, -0.25) is 4.79 Å². The highest BCUT2D eigenvalue weighted by Crippen LogP contribution is 2.38. The highest BCUT2D eigenvalue weighted by molar-refractivity contribution is 7.09. The molecular weight excluding hydrogens is 384 g/mol. The van der Waals surface area contributed by atoms with E-state index in [1.54, 1.807) is 0 Å². The van der Waals surface area contributed by atoms with Gasteiger partial charge < -0.3 is 11.1 Å². The van der Waals surface area contributed by atoms with Crippen LogP contribution in [0.2, 0.25) is 0 Å². The SMILES string of the molecule is NCCC(=O)NCc1nc(-c2cc(C(F)(F)F)cc(C(F)(F)F)c2)cs1. The number of thiazole rings is 1.